The molecule has 1 aliphatic heterocycles. The Morgan fingerprint density at radius 2 is 2.30 bits per heavy atom. The SMILES string of the molecule is Cc1nn(C)c(N2CCc3sccc3C2C)c1C(=O)O. The molecule has 6 heteroatoms. The maximum atomic E-state index is 11.5. The molecule has 0 radical (unpaired) electrons. The minimum Gasteiger partial charge on any atom is -0.477 e. The van der Waals surface area contributed by atoms with Crippen LogP contribution in [-0.4, -0.2) is 27.4 Å². The monoisotopic (exact) mass is 291 g/mol. The molecule has 1 aliphatic rings. The Bertz CT molecular complexity index is 674. The third-order valence-electron chi connectivity index (χ3n) is 3.96. The van der Waals surface area contributed by atoms with Gasteiger partial charge in [0.05, 0.1) is 11.7 Å². The second-order valence-electron chi connectivity index (χ2n) is 5.13. The minimum absolute atomic E-state index is 0.179. The molecule has 0 aliphatic carbocycles. The Kier molecular flexibility index (Phi) is 3.05. The molecular weight excluding hydrogens is 274 g/mol. The van der Waals surface area contributed by atoms with Gasteiger partial charge in [-0.15, -0.1) is 11.3 Å². The lowest BCUT2D eigenvalue weighted by Crippen LogP contribution is -2.35. The standard InChI is InChI=1S/C14H17N3O2S/c1-8-12(14(18)19)13(16(3)15-8)17-6-4-11-10(9(17)2)5-7-20-11/h5,7,9H,4,6H2,1-3H3,(H,18,19). The Morgan fingerprint density at radius 3 is 3.00 bits per heavy atom. The number of nitrogens with zero attached hydrogens (tertiary/aromatic N) is 3. The van der Waals surface area contributed by atoms with Gasteiger partial charge in [0, 0.05) is 18.5 Å². The maximum absolute atomic E-state index is 11.5. The van der Waals surface area contributed by atoms with Crippen molar-refractivity contribution in [1.29, 1.82) is 0 Å². The first-order valence-electron chi connectivity index (χ1n) is 6.60. The lowest BCUT2D eigenvalue weighted by atomic mass is 10.0. The number of fused-ring (bicyclic) bond motifs is 1. The van der Waals surface area contributed by atoms with Crippen LogP contribution in [0.2, 0.25) is 0 Å². The summed E-state index contributed by atoms with van der Waals surface area (Å²) in [5.41, 5.74) is 2.19. The van der Waals surface area contributed by atoms with Crippen LogP contribution in [0.1, 0.15) is 39.5 Å². The molecule has 1 atom stereocenters. The number of aryl methyl sites for hydroxylation is 2. The van der Waals surface area contributed by atoms with E-state index in [4.69, 9.17) is 0 Å². The number of carboxylic acids is 1. The number of hydrogen-bond acceptors (Lipinski definition) is 4. The fourth-order valence-electron chi connectivity index (χ4n) is 3.02. The average molecular weight is 291 g/mol. The molecule has 3 rings (SSSR count). The summed E-state index contributed by atoms with van der Waals surface area (Å²) in [7, 11) is 1.81. The maximum Gasteiger partial charge on any atom is 0.341 e. The van der Waals surface area contributed by atoms with Crippen LogP contribution in [0.4, 0.5) is 5.82 Å². The molecule has 5 nitrogen and oxygen atoms in total. The Balaban J connectivity index is 2.09. The normalized spacial score (nSPS) is 18.1. The van der Waals surface area contributed by atoms with Crippen LogP contribution >= 0.6 is 11.3 Å². The van der Waals surface area contributed by atoms with E-state index in [0.717, 1.165) is 13.0 Å². The van der Waals surface area contributed by atoms with Crippen molar-refractivity contribution in [3.8, 4) is 0 Å². The molecule has 20 heavy (non-hydrogen) atoms. The summed E-state index contributed by atoms with van der Waals surface area (Å²) in [4.78, 5) is 15.1. The zero-order chi connectivity index (χ0) is 14.4. The number of thiophene rings is 1. The Hall–Kier alpha value is -1.82. The van der Waals surface area contributed by atoms with Gasteiger partial charge in [-0.1, -0.05) is 0 Å². The number of rotatable bonds is 2. The third-order valence-corrected chi connectivity index (χ3v) is 4.95. The van der Waals surface area contributed by atoms with E-state index in [2.05, 4.69) is 28.4 Å². The van der Waals surface area contributed by atoms with E-state index in [0.29, 0.717) is 17.1 Å². The van der Waals surface area contributed by atoms with Crippen LogP contribution in [-0.2, 0) is 13.5 Å². The lowest BCUT2D eigenvalue weighted by Gasteiger charge is -2.35. The number of hydrogen-bond donors (Lipinski definition) is 1. The summed E-state index contributed by atoms with van der Waals surface area (Å²) >= 11 is 1.78. The van der Waals surface area contributed by atoms with Crippen LogP contribution in [0.5, 0.6) is 0 Å². The van der Waals surface area contributed by atoms with Gasteiger partial charge < -0.3 is 10.0 Å². The molecule has 0 spiro atoms. The summed E-state index contributed by atoms with van der Waals surface area (Å²) in [5, 5.41) is 15.8. The molecule has 0 saturated carbocycles. The van der Waals surface area contributed by atoms with Crippen molar-refractivity contribution in [2.45, 2.75) is 26.3 Å². The second-order valence-corrected chi connectivity index (χ2v) is 6.13. The first-order valence-corrected chi connectivity index (χ1v) is 7.48. The van der Waals surface area contributed by atoms with E-state index >= 15 is 0 Å². The zero-order valence-electron chi connectivity index (χ0n) is 11.8. The third kappa shape index (κ3) is 1.83. The number of aromatic nitrogens is 2. The highest BCUT2D eigenvalue weighted by atomic mass is 32.1. The van der Waals surface area contributed by atoms with Crippen LogP contribution in [0.3, 0.4) is 0 Å². The van der Waals surface area contributed by atoms with Gasteiger partial charge in [0.15, 0.2) is 0 Å². The van der Waals surface area contributed by atoms with Crippen molar-refractivity contribution in [1.82, 2.24) is 9.78 Å². The molecule has 0 fully saturated rings. The summed E-state index contributed by atoms with van der Waals surface area (Å²) in [6.07, 6.45) is 0.959. The van der Waals surface area contributed by atoms with Crippen molar-refractivity contribution < 1.29 is 9.90 Å². The lowest BCUT2D eigenvalue weighted by molar-refractivity contribution is 0.0696. The smallest absolute Gasteiger partial charge is 0.341 e. The highest BCUT2D eigenvalue weighted by Gasteiger charge is 2.31. The number of aromatic carboxylic acids is 1. The average Bonchev–Trinajstić information content (AvgIpc) is 2.95. The van der Waals surface area contributed by atoms with Gasteiger partial charge in [-0.2, -0.15) is 5.10 Å². The van der Waals surface area contributed by atoms with Crippen LogP contribution in [0.15, 0.2) is 11.4 Å². The number of carbonyl (C=O) groups is 1. The number of anilines is 1. The van der Waals surface area contributed by atoms with E-state index in [-0.39, 0.29) is 6.04 Å². The zero-order valence-corrected chi connectivity index (χ0v) is 12.6. The van der Waals surface area contributed by atoms with E-state index in [1.54, 1.807) is 22.9 Å². The molecular formula is C14H17N3O2S. The minimum atomic E-state index is -0.908. The molecule has 2 aromatic heterocycles. The van der Waals surface area contributed by atoms with E-state index in [1.165, 1.54) is 10.4 Å². The molecule has 0 aromatic carbocycles. The van der Waals surface area contributed by atoms with Gasteiger partial charge in [-0.05, 0) is 37.3 Å². The summed E-state index contributed by atoms with van der Waals surface area (Å²) in [6.45, 7) is 4.70. The van der Waals surface area contributed by atoms with Gasteiger partial charge in [0.1, 0.15) is 11.4 Å². The quantitative estimate of drug-likeness (QED) is 0.924. The van der Waals surface area contributed by atoms with Gasteiger partial charge >= 0.3 is 5.97 Å². The molecule has 0 amide bonds. The highest BCUT2D eigenvalue weighted by Crippen LogP contribution is 2.37. The van der Waals surface area contributed by atoms with Gasteiger partial charge in [0.2, 0.25) is 0 Å². The highest BCUT2D eigenvalue weighted by molar-refractivity contribution is 7.10. The predicted octanol–water partition coefficient (Wildman–Crippen LogP) is 2.61. The molecule has 0 bridgehead atoms. The number of carboxylic acid groups (broad SMARTS) is 1. The van der Waals surface area contributed by atoms with Crippen LogP contribution < -0.4 is 4.90 Å². The Morgan fingerprint density at radius 1 is 1.55 bits per heavy atom. The first-order chi connectivity index (χ1) is 9.50. The topological polar surface area (TPSA) is 58.4 Å². The molecule has 2 aromatic rings. The molecule has 0 saturated heterocycles. The van der Waals surface area contributed by atoms with Gasteiger partial charge in [0.25, 0.3) is 0 Å². The first kappa shape index (κ1) is 13.2. The van der Waals surface area contributed by atoms with E-state index < -0.39 is 5.97 Å². The summed E-state index contributed by atoms with van der Waals surface area (Å²) < 4.78 is 1.69. The molecule has 1 unspecified atom stereocenters. The van der Waals surface area contributed by atoms with E-state index in [1.807, 2.05) is 7.05 Å². The van der Waals surface area contributed by atoms with Crippen molar-refractivity contribution in [3.05, 3.63) is 33.1 Å². The second kappa shape index (κ2) is 4.63. The van der Waals surface area contributed by atoms with Crippen molar-refractivity contribution in [3.63, 3.8) is 0 Å². The van der Waals surface area contributed by atoms with Crippen LogP contribution in [0, 0.1) is 6.92 Å². The van der Waals surface area contributed by atoms with Crippen molar-refractivity contribution in [2.75, 3.05) is 11.4 Å². The fourth-order valence-corrected chi connectivity index (χ4v) is 3.99. The largest absolute Gasteiger partial charge is 0.477 e. The van der Waals surface area contributed by atoms with Gasteiger partial charge in [-0.25, -0.2) is 4.79 Å². The van der Waals surface area contributed by atoms with Crippen molar-refractivity contribution in [2.24, 2.45) is 7.05 Å². The molecule has 106 valence electrons. The van der Waals surface area contributed by atoms with Crippen LogP contribution in [0.25, 0.3) is 0 Å². The Labute approximate surface area is 121 Å². The predicted molar refractivity (Wildman–Crippen MR) is 78.7 cm³/mol. The van der Waals surface area contributed by atoms with E-state index in [9.17, 15) is 9.90 Å². The molecule has 3 heterocycles. The van der Waals surface area contributed by atoms with Crippen molar-refractivity contribution >= 4 is 23.1 Å². The summed E-state index contributed by atoms with van der Waals surface area (Å²) in [6, 6.07) is 2.32. The van der Waals surface area contributed by atoms with Gasteiger partial charge in [-0.3, -0.25) is 4.68 Å². The molecule has 1 N–H and O–H groups in total. The fraction of sp³-hybridized carbons (Fsp3) is 0.429. The summed E-state index contributed by atoms with van der Waals surface area (Å²) in [5.74, 6) is -0.201.